The number of rotatable bonds is 4. The van der Waals surface area contributed by atoms with Gasteiger partial charge in [0.25, 0.3) is 0 Å². The van der Waals surface area contributed by atoms with E-state index in [4.69, 9.17) is 21.9 Å². The van der Waals surface area contributed by atoms with Gasteiger partial charge in [0.2, 0.25) is 11.7 Å². The van der Waals surface area contributed by atoms with Gasteiger partial charge in [-0.2, -0.15) is 4.98 Å². The molecule has 0 saturated carbocycles. The maximum absolute atomic E-state index is 5.98. The third-order valence-electron chi connectivity index (χ3n) is 3.26. The molecular weight excluding hydrogens is 286 g/mol. The zero-order valence-corrected chi connectivity index (χ0v) is 12.0. The zero-order valence-electron chi connectivity index (χ0n) is 11.2. The lowest BCUT2D eigenvalue weighted by Crippen LogP contribution is -2.14. The van der Waals surface area contributed by atoms with Crippen LogP contribution in [0.3, 0.4) is 0 Å². The van der Waals surface area contributed by atoms with E-state index in [-0.39, 0.29) is 5.92 Å². The average Bonchev–Trinajstić information content (AvgIpc) is 2.99. The van der Waals surface area contributed by atoms with Crippen LogP contribution in [0.4, 0.5) is 0 Å². The van der Waals surface area contributed by atoms with Gasteiger partial charge in [0.05, 0.1) is 5.92 Å². The van der Waals surface area contributed by atoms with Gasteiger partial charge in [-0.05, 0) is 17.7 Å². The molecule has 1 atom stereocenters. The standard InChI is InChI=1S/C16H14ClN3O/c17-13-8-4-7-12(9-13)15-19-16(21-20-15)14(10-18)11-5-2-1-3-6-11/h1-9,14H,10,18H2. The van der Waals surface area contributed by atoms with E-state index in [1.54, 1.807) is 12.1 Å². The summed E-state index contributed by atoms with van der Waals surface area (Å²) in [6, 6.07) is 17.2. The second-order valence-corrected chi connectivity index (χ2v) is 5.10. The first-order valence-corrected chi connectivity index (χ1v) is 7.00. The van der Waals surface area contributed by atoms with Crippen molar-refractivity contribution in [2.24, 2.45) is 5.73 Å². The minimum Gasteiger partial charge on any atom is -0.338 e. The average molecular weight is 300 g/mol. The Balaban J connectivity index is 1.94. The first-order valence-electron chi connectivity index (χ1n) is 6.62. The Labute approximate surface area is 127 Å². The van der Waals surface area contributed by atoms with Crippen LogP contribution in [-0.2, 0) is 0 Å². The summed E-state index contributed by atoms with van der Waals surface area (Å²) in [5.74, 6) is 0.923. The van der Waals surface area contributed by atoms with Gasteiger partial charge < -0.3 is 10.3 Å². The summed E-state index contributed by atoms with van der Waals surface area (Å²) in [6.07, 6.45) is 0. The maximum Gasteiger partial charge on any atom is 0.235 e. The van der Waals surface area contributed by atoms with Gasteiger partial charge in [-0.25, -0.2) is 0 Å². The Morgan fingerprint density at radius 1 is 1.10 bits per heavy atom. The fourth-order valence-electron chi connectivity index (χ4n) is 2.19. The van der Waals surface area contributed by atoms with Gasteiger partial charge in [0.15, 0.2) is 0 Å². The molecular formula is C16H14ClN3O. The van der Waals surface area contributed by atoms with Crippen LogP contribution in [0.2, 0.25) is 5.02 Å². The molecule has 0 spiro atoms. The molecule has 2 aromatic carbocycles. The first-order chi connectivity index (χ1) is 10.3. The molecule has 3 aromatic rings. The summed E-state index contributed by atoms with van der Waals surface area (Å²) in [5.41, 5.74) is 7.74. The molecule has 0 radical (unpaired) electrons. The van der Waals surface area contributed by atoms with Crippen molar-refractivity contribution in [3.05, 3.63) is 71.1 Å². The molecule has 1 unspecified atom stereocenters. The summed E-state index contributed by atoms with van der Waals surface area (Å²) in [5, 5.41) is 4.66. The molecule has 0 aliphatic rings. The van der Waals surface area contributed by atoms with Crippen molar-refractivity contribution >= 4 is 11.6 Å². The van der Waals surface area contributed by atoms with Gasteiger partial charge >= 0.3 is 0 Å². The Bertz CT molecular complexity index is 727. The van der Waals surface area contributed by atoms with Gasteiger partial charge in [-0.3, -0.25) is 0 Å². The number of nitrogens with two attached hydrogens (primary N) is 1. The third kappa shape index (κ3) is 2.96. The van der Waals surface area contributed by atoms with E-state index >= 15 is 0 Å². The number of halogens is 1. The molecule has 4 nitrogen and oxygen atoms in total. The van der Waals surface area contributed by atoms with E-state index in [0.717, 1.165) is 11.1 Å². The molecule has 2 N–H and O–H groups in total. The molecule has 3 rings (SSSR count). The third-order valence-corrected chi connectivity index (χ3v) is 3.50. The smallest absolute Gasteiger partial charge is 0.235 e. The van der Waals surface area contributed by atoms with Crippen molar-refractivity contribution in [1.82, 2.24) is 10.1 Å². The molecule has 0 fully saturated rings. The Kier molecular flexibility index (Phi) is 3.99. The van der Waals surface area contributed by atoms with Crippen molar-refractivity contribution in [2.75, 3.05) is 6.54 Å². The second kappa shape index (κ2) is 6.08. The van der Waals surface area contributed by atoms with Crippen molar-refractivity contribution in [3.8, 4) is 11.4 Å². The summed E-state index contributed by atoms with van der Waals surface area (Å²) in [6.45, 7) is 0.404. The predicted molar refractivity (Wildman–Crippen MR) is 82.1 cm³/mol. The van der Waals surface area contributed by atoms with E-state index in [0.29, 0.717) is 23.3 Å². The predicted octanol–water partition coefficient (Wildman–Crippen LogP) is 3.48. The lowest BCUT2D eigenvalue weighted by molar-refractivity contribution is 0.367. The highest BCUT2D eigenvalue weighted by molar-refractivity contribution is 6.30. The molecule has 0 bridgehead atoms. The van der Waals surface area contributed by atoms with Crippen LogP contribution < -0.4 is 5.73 Å². The Morgan fingerprint density at radius 2 is 1.90 bits per heavy atom. The largest absolute Gasteiger partial charge is 0.338 e. The van der Waals surface area contributed by atoms with Crippen molar-refractivity contribution in [3.63, 3.8) is 0 Å². The van der Waals surface area contributed by atoms with Crippen LogP contribution in [0.1, 0.15) is 17.4 Å². The number of aromatic nitrogens is 2. The monoisotopic (exact) mass is 299 g/mol. The van der Waals surface area contributed by atoms with E-state index in [9.17, 15) is 0 Å². The van der Waals surface area contributed by atoms with Crippen LogP contribution in [0, 0.1) is 0 Å². The van der Waals surface area contributed by atoms with Gasteiger partial charge in [-0.1, -0.05) is 59.2 Å². The summed E-state index contributed by atoms with van der Waals surface area (Å²) in [7, 11) is 0. The molecule has 106 valence electrons. The quantitative estimate of drug-likeness (QED) is 0.801. The van der Waals surface area contributed by atoms with Crippen LogP contribution in [0.25, 0.3) is 11.4 Å². The highest BCUT2D eigenvalue weighted by Gasteiger charge is 2.20. The minimum absolute atomic E-state index is 0.105. The molecule has 1 aromatic heterocycles. The van der Waals surface area contributed by atoms with Crippen LogP contribution in [0.15, 0.2) is 59.1 Å². The summed E-state index contributed by atoms with van der Waals surface area (Å²) in [4.78, 5) is 4.45. The fourth-order valence-corrected chi connectivity index (χ4v) is 2.38. The van der Waals surface area contributed by atoms with E-state index < -0.39 is 0 Å². The second-order valence-electron chi connectivity index (χ2n) is 4.67. The number of hydrogen-bond acceptors (Lipinski definition) is 4. The normalized spacial score (nSPS) is 12.3. The lowest BCUT2D eigenvalue weighted by Gasteiger charge is -2.09. The molecule has 0 amide bonds. The molecule has 5 heteroatoms. The Morgan fingerprint density at radius 3 is 2.62 bits per heavy atom. The number of nitrogens with zero attached hydrogens (tertiary/aromatic N) is 2. The van der Waals surface area contributed by atoms with E-state index in [1.807, 2.05) is 42.5 Å². The molecule has 0 aliphatic carbocycles. The molecule has 1 heterocycles. The van der Waals surface area contributed by atoms with Crippen molar-refractivity contribution < 1.29 is 4.52 Å². The maximum atomic E-state index is 5.98. The minimum atomic E-state index is -0.105. The Hall–Kier alpha value is -2.17. The molecule has 0 saturated heterocycles. The van der Waals surface area contributed by atoms with Crippen LogP contribution in [-0.4, -0.2) is 16.7 Å². The number of benzene rings is 2. The molecule has 0 aliphatic heterocycles. The highest BCUT2D eigenvalue weighted by atomic mass is 35.5. The number of hydrogen-bond donors (Lipinski definition) is 1. The van der Waals surface area contributed by atoms with Crippen molar-refractivity contribution in [2.45, 2.75) is 5.92 Å². The van der Waals surface area contributed by atoms with Gasteiger partial charge in [-0.15, -0.1) is 0 Å². The van der Waals surface area contributed by atoms with E-state index in [2.05, 4.69) is 10.1 Å². The first kappa shape index (κ1) is 13.8. The van der Waals surface area contributed by atoms with Crippen LogP contribution >= 0.6 is 11.6 Å². The summed E-state index contributed by atoms with van der Waals surface area (Å²) < 4.78 is 5.38. The lowest BCUT2D eigenvalue weighted by atomic mass is 9.99. The van der Waals surface area contributed by atoms with Crippen LogP contribution in [0.5, 0.6) is 0 Å². The zero-order chi connectivity index (χ0) is 14.7. The SMILES string of the molecule is NCC(c1ccccc1)c1nc(-c2cccc(Cl)c2)no1. The van der Waals surface area contributed by atoms with E-state index in [1.165, 1.54) is 0 Å². The highest BCUT2D eigenvalue weighted by Crippen LogP contribution is 2.25. The van der Waals surface area contributed by atoms with Gasteiger partial charge in [0, 0.05) is 17.1 Å². The summed E-state index contributed by atoms with van der Waals surface area (Å²) >= 11 is 5.98. The van der Waals surface area contributed by atoms with Crippen molar-refractivity contribution in [1.29, 1.82) is 0 Å². The molecule has 21 heavy (non-hydrogen) atoms. The topological polar surface area (TPSA) is 64.9 Å². The fraction of sp³-hybridized carbons (Fsp3) is 0.125. The van der Waals surface area contributed by atoms with Gasteiger partial charge in [0.1, 0.15) is 0 Å².